The summed E-state index contributed by atoms with van der Waals surface area (Å²) < 4.78 is 0. The lowest BCUT2D eigenvalue weighted by molar-refractivity contribution is -0.141. The number of nitrogens with one attached hydrogen (secondary N) is 1. The third kappa shape index (κ3) is 4.72. The highest BCUT2D eigenvalue weighted by atomic mass is 16.4. The number of hydrogen-bond donors (Lipinski definition) is 2. The van der Waals surface area contributed by atoms with Crippen molar-refractivity contribution in [2.24, 2.45) is 11.8 Å². The van der Waals surface area contributed by atoms with Crippen molar-refractivity contribution in [1.29, 1.82) is 0 Å². The fourth-order valence-corrected chi connectivity index (χ4v) is 2.77. The van der Waals surface area contributed by atoms with E-state index < -0.39 is 11.9 Å². The van der Waals surface area contributed by atoms with Crippen molar-refractivity contribution in [1.82, 2.24) is 5.32 Å². The number of carboxylic acid groups (broad SMARTS) is 1. The molecular weight excluding hydrogens is 278 g/mol. The van der Waals surface area contributed by atoms with Gasteiger partial charge in [0.15, 0.2) is 0 Å². The van der Waals surface area contributed by atoms with Gasteiger partial charge in [0.1, 0.15) is 0 Å². The maximum absolute atomic E-state index is 12.1. The van der Waals surface area contributed by atoms with E-state index in [1.807, 2.05) is 37.3 Å². The molecule has 0 aromatic heterocycles. The first-order chi connectivity index (χ1) is 10.6. The molecule has 0 bridgehead atoms. The number of benzene rings is 1. The Balaban J connectivity index is 1.90. The fourth-order valence-electron chi connectivity index (χ4n) is 2.77. The molecule has 0 radical (unpaired) electrons. The summed E-state index contributed by atoms with van der Waals surface area (Å²) in [5.74, 6) is -1.51. The molecule has 0 saturated heterocycles. The molecule has 22 heavy (non-hydrogen) atoms. The Labute approximate surface area is 131 Å². The number of aryl methyl sites for hydroxylation is 1. The lowest BCUT2D eigenvalue weighted by Crippen LogP contribution is -2.37. The van der Waals surface area contributed by atoms with E-state index in [0.717, 1.165) is 30.4 Å². The number of carbonyl (C=O) groups excluding carboxylic acids is 1. The van der Waals surface area contributed by atoms with Gasteiger partial charge in [0.25, 0.3) is 0 Å². The van der Waals surface area contributed by atoms with Gasteiger partial charge >= 0.3 is 5.97 Å². The van der Waals surface area contributed by atoms with Crippen LogP contribution in [-0.2, 0) is 16.0 Å². The van der Waals surface area contributed by atoms with Crippen LogP contribution in [0.15, 0.2) is 36.4 Å². The maximum Gasteiger partial charge on any atom is 0.308 e. The lowest BCUT2D eigenvalue weighted by atomic mass is 9.93. The Hall–Kier alpha value is -2.10. The second-order valence-corrected chi connectivity index (χ2v) is 5.95. The minimum absolute atomic E-state index is 0.0154. The Kier molecular flexibility index (Phi) is 5.75. The first kappa shape index (κ1) is 16.3. The maximum atomic E-state index is 12.1. The van der Waals surface area contributed by atoms with E-state index >= 15 is 0 Å². The molecule has 4 heteroatoms. The zero-order valence-electron chi connectivity index (χ0n) is 12.9. The van der Waals surface area contributed by atoms with Crippen molar-refractivity contribution in [3.05, 3.63) is 47.5 Å². The van der Waals surface area contributed by atoms with Gasteiger partial charge < -0.3 is 10.4 Å². The average Bonchev–Trinajstić information content (AvgIpc) is 2.51. The Morgan fingerprint density at radius 2 is 2.18 bits per heavy atom. The van der Waals surface area contributed by atoms with E-state index in [1.165, 1.54) is 0 Å². The van der Waals surface area contributed by atoms with Gasteiger partial charge in [-0.2, -0.15) is 0 Å². The summed E-state index contributed by atoms with van der Waals surface area (Å²) in [4.78, 5) is 23.5. The molecule has 0 saturated carbocycles. The monoisotopic (exact) mass is 301 g/mol. The van der Waals surface area contributed by atoms with Crippen molar-refractivity contribution >= 4 is 11.9 Å². The van der Waals surface area contributed by atoms with Gasteiger partial charge in [0, 0.05) is 12.5 Å². The summed E-state index contributed by atoms with van der Waals surface area (Å²) in [7, 11) is 0. The molecule has 1 aromatic rings. The van der Waals surface area contributed by atoms with Crippen LogP contribution < -0.4 is 5.32 Å². The predicted octanol–water partition coefficient (Wildman–Crippen LogP) is 2.71. The highest BCUT2D eigenvalue weighted by Gasteiger charge is 2.22. The molecule has 1 amide bonds. The van der Waals surface area contributed by atoms with Gasteiger partial charge in [0.05, 0.1) is 5.92 Å². The average molecular weight is 301 g/mol. The Morgan fingerprint density at radius 1 is 1.36 bits per heavy atom. The molecule has 1 aliphatic rings. The Bertz CT molecular complexity index is 565. The van der Waals surface area contributed by atoms with E-state index in [-0.39, 0.29) is 18.4 Å². The van der Waals surface area contributed by atoms with Crippen LogP contribution in [0.5, 0.6) is 0 Å². The molecule has 0 spiro atoms. The normalized spacial score (nSPS) is 18.7. The number of hydrogen-bond acceptors (Lipinski definition) is 2. The molecule has 4 nitrogen and oxygen atoms in total. The molecule has 118 valence electrons. The Morgan fingerprint density at radius 3 is 2.82 bits per heavy atom. The van der Waals surface area contributed by atoms with Gasteiger partial charge in [-0.1, -0.05) is 42.0 Å². The third-order valence-electron chi connectivity index (χ3n) is 4.08. The van der Waals surface area contributed by atoms with Gasteiger partial charge in [-0.25, -0.2) is 0 Å². The van der Waals surface area contributed by atoms with Crippen molar-refractivity contribution in [2.45, 2.75) is 32.6 Å². The van der Waals surface area contributed by atoms with Crippen LogP contribution in [0.4, 0.5) is 0 Å². The summed E-state index contributed by atoms with van der Waals surface area (Å²) in [6.45, 7) is 2.17. The second kappa shape index (κ2) is 7.78. The highest BCUT2D eigenvalue weighted by Crippen LogP contribution is 2.18. The fraction of sp³-hybridized carbons (Fsp3) is 0.444. The number of amides is 1. The van der Waals surface area contributed by atoms with Crippen LogP contribution in [0.3, 0.4) is 0 Å². The molecule has 0 fully saturated rings. The van der Waals surface area contributed by atoms with Gasteiger partial charge in [-0.3, -0.25) is 9.59 Å². The molecule has 1 aliphatic carbocycles. The summed E-state index contributed by atoms with van der Waals surface area (Å²) in [5.41, 5.74) is 2.10. The number of carboxylic acids is 1. The van der Waals surface area contributed by atoms with Crippen LogP contribution in [0.1, 0.15) is 30.4 Å². The molecule has 2 atom stereocenters. The molecule has 0 unspecified atom stereocenters. The molecular formula is C18H23NO3. The molecule has 2 N–H and O–H groups in total. The van der Waals surface area contributed by atoms with Crippen LogP contribution in [0, 0.1) is 18.8 Å². The minimum Gasteiger partial charge on any atom is -0.481 e. The van der Waals surface area contributed by atoms with Crippen molar-refractivity contribution in [2.75, 3.05) is 6.54 Å². The van der Waals surface area contributed by atoms with Gasteiger partial charge in [-0.15, -0.1) is 0 Å². The van der Waals surface area contributed by atoms with E-state index in [2.05, 4.69) is 11.4 Å². The van der Waals surface area contributed by atoms with Gasteiger partial charge in [0.2, 0.25) is 5.91 Å². The van der Waals surface area contributed by atoms with Crippen LogP contribution in [-0.4, -0.2) is 23.5 Å². The van der Waals surface area contributed by atoms with Crippen molar-refractivity contribution < 1.29 is 14.7 Å². The quantitative estimate of drug-likeness (QED) is 0.794. The zero-order chi connectivity index (χ0) is 15.9. The van der Waals surface area contributed by atoms with Gasteiger partial charge in [-0.05, 0) is 38.2 Å². The zero-order valence-corrected chi connectivity index (χ0v) is 12.9. The summed E-state index contributed by atoms with van der Waals surface area (Å²) in [6, 6.07) is 7.83. The van der Waals surface area contributed by atoms with E-state index in [9.17, 15) is 14.7 Å². The van der Waals surface area contributed by atoms with Crippen LogP contribution >= 0.6 is 0 Å². The topological polar surface area (TPSA) is 66.4 Å². The SMILES string of the molecule is Cc1cccc(C[C@@H](CNC(=O)[C@@H]2CC=CCC2)C(=O)O)c1. The number of aliphatic carboxylic acids is 1. The lowest BCUT2D eigenvalue weighted by Gasteiger charge is -2.19. The molecule has 0 aliphatic heterocycles. The van der Waals surface area contributed by atoms with E-state index in [0.29, 0.717) is 6.42 Å². The summed E-state index contributed by atoms with van der Waals surface area (Å²) in [5, 5.41) is 12.2. The molecule has 1 aromatic carbocycles. The third-order valence-corrected chi connectivity index (χ3v) is 4.08. The summed E-state index contributed by atoms with van der Waals surface area (Å²) in [6.07, 6.45) is 7.06. The molecule has 0 heterocycles. The van der Waals surface area contributed by atoms with Crippen LogP contribution in [0.2, 0.25) is 0 Å². The second-order valence-electron chi connectivity index (χ2n) is 5.95. The number of rotatable bonds is 6. The van der Waals surface area contributed by atoms with E-state index in [4.69, 9.17) is 0 Å². The number of allylic oxidation sites excluding steroid dienone is 2. The largest absolute Gasteiger partial charge is 0.481 e. The first-order valence-electron chi connectivity index (χ1n) is 7.77. The predicted molar refractivity (Wildman–Crippen MR) is 85.5 cm³/mol. The number of carbonyl (C=O) groups is 2. The van der Waals surface area contributed by atoms with E-state index in [1.54, 1.807) is 0 Å². The van der Waals surface area contributed by atoms with Crippen molar-refractivity contribution in [3.8, 4) is 0 Å². The summed E-state index contributed by atoms with van der Waals surface area (Å²) >= 11 is 0. The minimum atomic E-state index is -0.870. The van der Waals surface area contributed by atoms with Crippen LogP contribution in [0.25, 0.3) is 0 Å². The van der Waals surface area contributed by atoms with Crippen molar-refractivity contribution in [3.63, 3.8) is 0 Å². The highest BCUT2D eigenvalue weighted by molar-refractivity contribution is 5.80. The first-order valence-corrected chi connectivity index (χ1v) is 7.77. The smallest absolute Gasteiger partial charge is 0.308 e. The molecule has 2 rings (SSSR count). The standard InChI is InChI=1S/C18H23NO3/c1-13-6-5-7-14(10-13)11-16(18(21)22)12-19-17(20)15-8-3-2-4-9-15/h2-3,5-7,10,15-16H,4,8-9,11-12H2,1H3,(H,19,20)(H,21,22)/t15-,16+/m1/s1.